The number of ether oxygens (including phenoxy) is 1. The van der Waals surface area contributed by atoms with Crippen molar-refractivity contribution < 1.29 is 13.9 Å². The lowest BCUT2D eigenvalue weighted by molar-refractivity contribution is -0.111. The highest BCUT2D eigenvalue weighted by atomic mass is 35.5. The van der Waals surface area contributed by atoms with Crippen LogP contribution in [-0.2, 0) is 11.8 Å². The molecule has 0 aliphatic rings. The van der Waals surface area contributed by atoms with Crippen LogP contribution in [0.15, 0.2) is 54.2 Å². The van der Waals surface area contributed by atoms with Gasteiger partial charge in [0.1, 0.15) is 17.3 Å². The summed E-state index contributed by atoms with van der Waals surface area (Å²) in [5, 5.41) is 6.07. The minimum absolute atomic E-state index is 0.288. The Morgan fingerprint density at radius 2 is 1.92 bits per heavy atom. The minimum atomic E-state index is -0.375. The van der Waals surface area contributed by atoms with E-state index in [1.54, 1.807) is 31.5 Å². The van der Waals surface area contributed by atoms with E-state index in [9.17, 15) is 9.18 Å². The van der Waals surface area contributed by atoms with Gasteiger partial charge in [0.15, 0.2) is 5.82 Å². The highest BCUT2D eigenvalue weighted by Crippen LogP contribution is 2.38. The number of aryl methyl sites for hydroxylation is 1. The molecular formula is C27H30ClFN8O2. The average molecular weight is 553 g/mol. The maximum absolute atomic E-state index is 13.7. The number of halogens is 2. The summed E-state index contributed by atoms with van der Waals surface area (Å²) in [4.78, 5) is 30.0. The Hall–Kier alpha value is -4.22. The van der Waals surface area contributed by atoms with Crippen molar-refractivity contribution in [1.82, 2.24) is 24.4 Å². The summed E-state index contributed by atoms with van der Waals surface area (Å²) in [5.74, 6) is 0.645. The summed E-state index contributed by atoms with van der Waals surface area (Å²) in [7, 11) is 9.34. The molecule has 0 radical (unpaired) electrons. The van der Waals surface area contributed by atoms with Crippen LogP contribution < -0.4 is 20.3 Å². The summed E-state index contributed by atoms with van der Waals surface area (Å²) in [6, 6.07) is 9.78. The standard InChI is InChI=1S/C27H30ClFN8O2/c1-35(2)12-13-36(3)23-16-24(39-5)21(15-20(23)31-25(38)8-10-28)34-27-30-11-9-18(33-27)26-32-19-14-17(29)6-7-22(19)37(26)4/h6-11,14-16H,12-13H2,1-5H3,(H,31,38)(H,30,33,34). The molecule has 0 saturated carbocycles. The lowest BCUT2D eigenvalue weighted by Crippen LogP contribution is -2.29. The second-order valence-corrected chi connectivity index (χ2v) is 9.35. The highest BCUT2D eigenvalue weighted by Gasteiger charge is 2.18. The molecule has 0 fully saturated rings. The van der Waals surface area contributed by atoms with Crippen molar-refractivity contribution in [3.63, 3.8) is 0 Å². The Morgan fingerprint density at radius 1 is 1.13 bits per heavy atom. The van der Waals surface area contributed by atoms with E-state index in [1.807, 2.05) is 43.7 Å². The van der Waals surface area contributed by atoms with Crippen LogP contribution in [0.2, 0.25) is 0 Å². The van der Waals surface area contributed by atoms with Crippen LogP contribution in [0.4, 0.5) is 27.4 Å². The van der Waals surface area contributed by atoms with E-state index in [1.165, 1.54) is 18.2 Å². The predicted octanol–water partition coefficient (Wildman–Crippen LogP) is 4.61. The zero-order valence-corrected chi connectivity index (χ0v) is 23.1. The van der Waals surface area contributed by atoms with Crippen molar-refractivity contribution >= 4 is 51.6 Å². The first-order valence-corrected chi connectivity index (χ1v) is 12.5. The van der Waals surface area contributed by atoms with Gasteiger partial charge in [-0.3, -0.25) is 4.79 Å². The molecule has 2 N–H and O–H groups in total. The van der Waals surface area contributed by atoms with Crippen molar-refractivity contribution in [1.29, 1.82) is 0 Å². The number of hydrogen-bond acceptors (Lipinski definition) is 8. The number of anilines is 4. The second-order valence-electron chi connectivity index (χ2n) is 9.09. The number of methoxy groups -OCH3 is 1. The molecule has 2 aromatic heterocycles. The fourth-order valence-corrected chi connectivity index (χ4v) is 4.13. The minimum Gasteiger partial charge on any atom is -0.494 e. The number of amides is 1. The van der Waals surface area contributed by atoms with E-state index in [0.717, 1.165) is 23.3 Å². The number of hydrogen-bond donors (Lipinski definition) is 2. The molecule has 0 saturated heterocycles. The topological polar surface area (TPSA) is 100 Å². The van der Waals surface area contributed by atoms with Crippen molar-refractivity contribution in [3.8, 4) is 17.3 Å². The lowest BCUT2D eigenvalue weighted by atomic mass is 10.2. The molecule has 0 aliphatic heterocycles. The van der Waals surface area contributed by atoms with E-state index >= 15 is 0 Å². The molecule has 4 rings (SSSR count). The van der Waals surface area contributed by atoms with E-state index in [2.05, 4.69) is 30.5 Å². The number of nitrogens with zero attached hydrogens (tertiary/aromatic N) is 6. The zero-order chi connectivity index (χ0) is 28.1. The Bertz CT molecular complexity index is 1520. The molecule has 39 heavy (non-hydrogen) atoms. The number of carbonyl (C=O) groups excluding carboxylic acids is 1. The van der Waals surface area contributed by atoms with Gasteiger partial charge in [0.2, 0.25) is 11.9 Å². The van der Waals surface area contributed by atoms with Crippen molar-refractivity contribution in [2.45, 2.75) is 0 Å². The van der Waals surface area contributed by atoms with Crippen LogP contribution in [0, 0.1) is 5.82 Å². The summed E-state index contributed by atoms with van der Waals surface area (Å²) in [6.07, 6.45) is 2.84. The highest BCUT2D eigenvalue weighted by molar-refractivity contribution is 6.27. The number of aromatic nitrogens is 4. The van der Waals surface area contributed by atoms with Crippen LogP contribution in [-0.4, -0.2) is 71.7 Å². The third-order valence-electron chi connectivity index (χ3n) is 6.06. The Balaban J connectivity index is 1.70. The monoisotopic (exact) mass is 552 g/mol. The number of fused-ring (bicyclic) bond motifs is 1. The Labute approximate surface area is 231 Å². The van der Waals surface area contributed by atoms with Crippen LogP contribution in [0.25, 0.3) is 22.6 Å². The van der Waals surface area contributed by atoms with E-state index in [4.69, 9.17) is 16.3 Å². The number of likely N-dealkylation sites (N-methyl/N-ethyl adjacent to an activating group) is 2. The molecule has 0 aliphatic carbocycles. The summed E-state index contributed by atoms with van der Waals surface area (Å²) >= 11 is 5.61. The van der Waals surface area contributed by atoms with Gasteiger partial charge in [-0.2, -0.15) is 0 Å². The van der Waals surface area contributed by atoms with Gasteiger partial charge in [0.25, 0.3) is 0 Å². The first-order valence-electron chi connectivity index (χ1n) is 12.1. The third kappa shape index (κ3) is 6.44. The first-order chi connectivity index (χ1) is 18.7. The SMILES string of the molecule is COc1cc(N(C)CCN(C)C)c(NC(=O)C=CCl)cc1Nc1nccc(-c2nc3cc(F)ccc3n2C)n1. The zero-order valence-electron chi connectivity index (χ0n) is 22.4. The molecule has 1 amide bonds. The number of rotatable bonds is 10. The molecule has 0 bridgehead atoms. The Kier molecular flexibility index (Phi) is 8.62. The van der Waals surface area contributed by atoms with Gasteiger partial charge in [-0.25, -0.2) is 19.3 Å². The van der Waals surface area contributed by atoms with Crippen LogP contribution >= 0.6 is 11.6 Å². The molecule has 0 spiro atoms. The van der Waals surface area contributed by atoms with E-state index in [-0.39, 0.29) is 17.7 Å². The maximum Gasteiger partial charge on any atom is 0.249 e. The molecule has 0 unspecified atom stereocenters. The van der Waals surface area contributed by atoms with Gasteiger partial charge >= 0.3 is 0 Å². The van der Waals surface area contributed by atoms with Gasteiger partial charge in [0, 0.05) is 57.1 Å². The van der Waals surface area contributed by atoms with Crippen LogP contribution in [0.1, 0.15) is 0 Å². The smallest absolute Gasteiger partial charge is 0.249 e. The van der Waals surface area contributed by atoms with Crippen LogP contribution in [0.3, 0.4) is 0 Å². The first kappa shape index (κ1) is 27.8. The average Bonchev–Trinajstić information content (AvgIpc) is 3.23. The predicted molar refractivity (Wildman–Crippen MR) is 153 cm³/mol. The molecule has 204 valence electrons. The second kappa shape index (κ2) is 12.1. The van der Waals surface area contributed by atoms with Gasteiger partial charge in [-0.05, 0) is 38.4 Å². The largest absolute Gasteiger partial charge is 0.494 e. The van der Waals surface area contributed by atoms with Crippen LogP contribution in [0.5, 0.6) is 5.75 Å². The molecule has 0 atom stereocenters. The third-order valence-corrected chi connectivity index (χ3v) is 6.18. The number of nitrogens with one attached hydrogen (secondary N) is 2. The maximum atomic E-state index is 13.7. The molecule has 2 heterocycles. The van der Waals surface area contributed by atoms with Crippen molar-refractivity contribution in [2.24, 2.45) is 7.05 Å². The fraction of sp³-hybridized carbons (Fsp3) is 0.259. The summed E-state index contributed by atoms with van der Waals surface area (Å²) in [5.41, 5.74) is 4.86. The van der Waals surface area contributed by atoms with E-state index < -0.39 is 0 Å². The lowest BCUT2D eigenvalue weighted by Gasteiger charge is -2.26. The number of imidazole rings is 1. The van der Waals surface area contributed by atoms with Gasteiger partial charge < -0.3 is 29.7 Å². The van der Waals surface area contributed by atoms with E-state index in [0.29, 0.717) is 40.7 Å². The molecule has 2 aromatic carbocycles. The van der Waals surface area contributed by atoms with Crippen molar-refractivity contribution in [2.75, 3.05) is 56.9 Å². The quantitative estimate of drug-likeness (QED) is 0.275. The summed E-state index contributed by atoms with van der Waals surface area (Å²) in [6.45, 7) is 1.52. The van der Waals surface area contributed by atoms with Gasteiger partial charge in [-0.15, -0.1) is 0 Å². The van der Waals surface area contributed by atoms with Gasteiger partial charge in [-0.1, -0.05) is 11.6 Å². The molecular weight excluding hydrogens is 523 g/mol. The summed E-state index contributed by atoms with van der Waals surface area (Å²) < 4.78 is 21.2. The number of carbonyl (C=O) groups is 1. The molecule has 4 aromatic rings. The Morgan fingerprint density at radius 3 is 2.64 bits per heavy atom. The fourth-order valence-electron chi connectivity index (χ4n) is 4.02. The molecule has 12 heteroatoms. The molecule has 10 nitrogen and oxygen atoms in total. The van der Waals surface area contributed by atoms with Crippen molar-refractivity contribution in [3.05, 3.63) is 60.0 Å². The van der Waals surface area contributed by atoms with Gasteiger partial charge in [0.05, 0.1) is 35.2 Å². The number of benzene rings is 2. The normalized spacial score (nSPS) is 11.4.